The van der Waals surface area contributed by atoms with Crippen molar-refractivity contribution >= 4 is 6.03 Å². The summed E-state index contributed by atoms with van der Waals surface area (Å²) >= 11 is 0. The average Bonchev–Trinajstić information content (AvgIpc) is 2.20. The monoisotopic (exact) mass is 246 g/mol. The standard InChI is InChI=1S/C12H26N2O3/c1-11(2,9-15)6-5-7-13-10(16)14-8-12(3,4)17/h15,17H,5-9H2,1-4H3,(H2,13,14,16). The van der Waals surface area contributed by atoms with E-state index in [1.165, 1.54) is 0 Å². The van der Waals surface area contributed by atoms with Crippen LogP contribution in [0.5, 0.6) is 0 Å². The first-order chi connectivity index (χ1) is 7.66. The molecular formula is C12H26N2O3. The fourth-order valence-corrected chi connectivity index (χ4v) is 1.21. The second kappa shape index (κ2) is 6.81. The molecule has 0 aromatic heterocycles. The van der Waals surface area contributed by atoms with E-state index in [4.69, 9.17) is 5.11 Å². The molecule has 0 radical (unpaired) electrons. The minimum Gasteiger partial charge on any atom is -0.396 e. The molecule has 0 rings (SSSR count). The zero-order valence-corrected chi connectivity index (χ0v) is 11.3. The molecular weight excluding hydrogens is 220 g/mol. The predicted octanol–water partition coefficient (Wildman–Crippen LogP) is 0.855. The van der Waals surface area contributed by atoms with Crippen LogP contribution in [0, 0.1) is 5.41 Å². The molecule has 0 aromatic carbocycles. The van der Waals surface area contributed by atoms with Crippen molar-refractivity contribution in [1.82, 2.24) is 10.6 Å². The van der Waals surface area contributed by atoms with Gasteiger partial charge in [0.25, 0.3) is 0 Å². The molecule has 0 heterocycles. The third-order valence-electron chi connectivity index (χ3n) is 2.43. The summed E-state index contributed by atoms with van der Waals surface area (Å²) in [5, 5.41) is 23.7. The molecule has 0 aliphatic heterocycles. The molecule has 17 heavy (non-hydrogen) atoms. The lowest BCUT2D eigenvalue weighted by atomic mass is 9.89. The van der Waals surface area contributed by atoms with E-state index in [2.05, 4.69) is 10.6 Å². The van der Waals surface area contributed by atoms with Crippen LogP contribution >= 0.6 is 0 Å². The zero-order valence-electron chi connectivity index (χ0n) is 11.3. The molecule has 5 nitrogen and oxygen atoms in total. The number of hydrogen-bond donors (Lipinski definition) is 4. The van der Waals surface area contributed by atoms with Crippen LogP contribution < -0.4 is 10.6 Å². The molecule has 0 saturated heterocycles. The minimum absolute atomic E-state index is 0.0920. The van der Waals surface area contributed by atoms with E-state index in [0.29, 0.717) is 6.54 Å². The van der Waals surface area contributed by atoms with E-state index >= 15 is 0 Å². The highest BCUT2D eigenvalue weighted by Crippen LogP contribution is 2.20. The van der Waals surface area contributed by atoms with Gasteiger partial charge in [-0.05, 0) is 32.1 Å². The van der Waals surface area contributed by atoms with Crippen LogP contribution in [0.3, 0.4) is 0 Å². The maximum absolute atomic E-state index is 11.3. The van der Waals surface area contributed by atoms with Crippen LogP contribution in [-0.4, -0.2) is 41.5 Å². The van der Waals surface area contributed by atoms with Crippen LogP contribution in [0.4, 0.5) is 4.79 Å². The average molecular weight is 246 g/mol. The number of amides is 2. The summed E-state index contributed by atoms with van der Waals surface area (Å²) in [4.78, 5) is 11.3. The van der Waals surface area contributed by atoms with Gasteiger partial charge < -0.3 is 20.8 Å². The summed E-state index contributed by atoms with van der Waals surface area (Å²) in [6.07, 6.45) is 1.68. The first kappa shape index (κ1) is 16.2. The maximum Gasteiger partial charge on any atom is 0.314 e. The van der Waals surface area contributed by atoms with Crippen LogP contribution in [0.2, 0.25) is 0 Å². The van der Waals surface area contributed by atoms with Gasteiger partial charge in [0.1, 0.15) is 0 Å². The Balaban J connectivity index is 3.59. The van der Waals surface area contributed by atoms with Crippen molar-refractivity contribution in [3.05, 3.63) is 0 Å². The van der Waals surface area contributed by atoms with Crippen LogP contribution in [0.25, 0.3) is 0 Å². The van der Waals surface area contributed by atoms with E-state index in [-0.39, 0.29) is 24.6 Å². The quantitative estimate of drug-likeness (QED) is 0.503. The molecule has 0 aliphatic carbocycles. The Morgan fingerprint density at radius 1 is 1.18 bits per heavy atom. The Kier molecular flexibility index (Phi) is 6.49. The number of carbonyl (C=O) groups excluding carboxylic acids is 1. The Hall–Kier alpha value is -0.810. The summed E-state index contributed by atoms with van der Waals surface area (Å²) in [7, 11) is 0. The molecule has 0 aromatic rings. The molecule has 0 fully saturated rings. The second-order valence-corrected chi connectivity index (χ2v) is 5.85. The summed E-state index contributed by atoms with van der Waals surface area (Å²) in [5.74, 6) is 0. The maximum atomic E-state index is 11.3. The summed E-state index contributed by atoms with van der Waals surface area (Å²) in [6, 6.07) is -0.270. The molecule has 0 bridgehead atoms. The van der Waals surface area contributed by atoms with Gasteiger partial charge in [0, 0.05) is 19.7 Å². The molecule has 0 saturated carbocycles. The number of rotatable bonds is 7. The van der Waals surface area contributed by atoms with Crippen LogP contribution in [0.15, 0.2) is 0 Å². The van der Waals surface area contributed by atoms with Crippen molar-refractivity contribution in [3.8, 4) is 0 Å². The third kappa shape index (κ3) is 10.1. The number of nitrogens with one attached hydrogen (secondary N) is 2. The number of carbonyl (C=O) groups is 1. The summed E-state index contributed by atoms with van der Waals surface area (Å²) in [6.45, 7) is 8.19. The van der Waals surface area contributed by atoms with Crippen molar-refractivity contribution in [2.75, 3.05) is 19.7 Å². The van der Waals surface area contributed by atoms with E-state index in [1.54, 1.807) is 13.8 Å². The smallest absolute Gasteiger partial charge is 0.314 e. The van der Waals surface area contributed by atoms with Crippen molar-refractivity contribution in [3.63, 3.8) is 0 Å². The summed E-state index contributed by atoms with van der Waals surface area (Å²) < 4.78 is 0. The van der Waals surface area contributed by atoms with Gasteiger partial charge in [-0.1, -0.05) is 13.8 Å². The van der Waals surface area contributed by atoms with E-state index < -0.39 is 5.60 Å². The van der Waals surface area contributed by atoms with Gasteiger partial charge in [0.15, 0.2) is 0 Å². The second-order valence-electron chi connectivity index (χ2n) is 5.85. The normalized spacial score (nSPS) is 12.4. The molecule has 0 spiro atoms. The molecule has 0 unspecified atom stereocenters. The van der Waals surface area contributed by atoms with Gasteiger partial charge in [-0.3, -0.25) is 0 Å². The van der Waals surface area contributed by atoms with E-state index in [0.717, 1.165) is 12.8 Å². The predicted molar refractivity (Wildman–Crippen MR) is 67.8 cm³/mol. The summed E-state index contributed by atoms with van der Waals surface area (Å²) in [5.41, 5.74) is -0.985. The highest BCUT2D eigenvalue weighted by molar-refractivity contribution is 5.73. The van der Waals surface area contributed by atoms with Crippen molar-refractivity contribution in [2.24, 2.45) is 5.41 Å². The van der Waals surface area contributed by atoms with Gasteiger partial charge in [-0.25, -0.2) is 4.79 Å². The van der Waals surface area contributed by atoms with Crippen LogP contribution in [-0.2, 0) is 0 Å². The fourth-order valence-electron chi connectivity index (χ4n) is 1.21. The molecule has 0 atom stereocenters. The number of aliphatic hydroxyl groups is 2. The van der Waals surface area contributed by atoms with E-state index in [9.17, 15) is 9.90 Å². The first-order valence-electron chi connectivity index (χ1n) is 6.01. The number of urea groups is 1. The molecule has 4 N–H and O–H groups in total. The number of hydrogen-bond acceptors (Lipinski definition) is 3. The van der Waals surface area contributed by atoms with Gasteiger partial charge in [-0.2, -0.15) is 0 Å². The molecule has 102 valence electrons. The lowest BCUT2D eigenvalue weighted by Gasteiger charge is -2.21. The minimum atomic E-state index is -0.893. The topological polar surface area (TPSA) is 81.6 Å². The lowest BCUT2D eigenvalue weighted by molar-refractivity contribution is 0.0819. The Morgan fingerprint density at radius 3 is 2.24 bits per heavy atom. The van der Waals surface area contributed by atoms with Crippen molar-refractivity contribution in [2.45, 2.75) is 46.1 Å². The van der Waals surface area contributed by atoms with Gasteiger partial charge in [-0.15, -0.1) is 0 Å². The van der Waals surface area contributed by atoms with Crippen molar-refractivity contribution < 1.29 is 15.0 Å². The SMILES string of the molecule is CC(C)(O)CNC(=O)NCCCC(C)(C)CO. The Labute approximate surface area is 104 Å². The van der Waals surface area contributed by atoms with Gasteiger partial charge in [0.2, 0.25) is 0 Å². The number of aliphatic hydroxyl groups excluding tert-OH is 1. The third-order valence-corrected chi connectivity index (χ3v) is 2.43. The molecule has 0 aliphatic rings. The van der Waals surface area contributed by atoms with Gasteiger partial charge in [0.05, 0.1) is 5.60 Å². The van der Waals surface area contributed by atoms with Crippen molar-refractivity contribution in [1.29, 1.82) is 0 Å². The fraction of sp³-hybridized carbons (Fsp3) is 0.917. The highest BCUT2D eigenvalue weighted by Gasteiger charge is 2.16. The Bertz CT molecular complexity index is 234. The largest absolute Gasteiger partial charge is 0.396 e. The molecule has 2 amide bonds. The van der Waals surface area contributed by atoms with Gasteiger partial charge >= 0.3 is 6.03 Å². The zero-order chi connectivity index (χ0) is 13.5. The lowest BCUT2D eigenvalue weighted by Crippen LogP contribution is -2.43. The first-order valence-corrected chi connectivity index (χ1v) is 6.01. The van der Waals surface area contributed by atoms with Crippen LogP contribution in [0.1, 0.15) is 40.5 Å². The van der Waals surface area contributed by atoms with E-state index in [1.807, 2.05) is 13.8 Å². The highest BCUT2D eigenvalue weighted by atomic mass is 16.3. The Morgan fingerprint density at radius 2 is 1.76 bits per heavy atom. The molecule has 5 heteroatoms.